The van der Waals surface area contributed by atoms with E-state index in [0.717, 1.165) is 40.0 Å². The van der Waals surface area contributed by atoms with E-state index in [-0.39, 0.29) is 16.8 Å². The maximum atomic E-state index is 15.5. The summed E-state index contributed by atoms with van der Waals surface area (Å²) in [5.74, 6) is -0.938. The van der Waals surface area contributed by atoms with Gasteiger partial charge in [0.2, 0.25) is 0 Å². The Hall–Kier alpha value is -5.65. The minimum Gasteiger partial charge on any atom is -0.436 e. The molecule has 6 aromatic rings. The Morgan fingerprint density at radius 1 is 0.778 bits per heavy atom. The first-order valence-electron chi connectivity index (χ1n) is 14.2. The van der Waals surface area contributed by atoms with Crippen molar-refractivity contribution in [2.24, 2.45) is 0 Å². The second-order valence-electron chi connectivity index (χ2n) is 10.5. The van der Waals surface area contributed by atoms with E-state index in [1.54, 1.807) is 24.3 Å². The third kappa shape index (κ3) is 4.48. The van der Waals surface area contributed by atoms with Gasteiger partial charge >= 0.3 is 19.3 Å². The molecule has 0 aliphatic carbocycles. The molecule has 2 heterocycles. The molecule has 7 nitrogen and oxygen atoms in total. The first kappa shape index (κ1) is 28.1. The fourth-order valence-corrected chi connectivity index (χ4v) is 8.28. The third-order valence-corrected chi connectivity index (χ3v) is 10.2. The number of nitrogens with zero attached hydrogens (tertiary/aromatic N) is 1. The van der Waals surface area contributed by atoms with Crippen LogP contribution < -0.4 is 24.6 Å². The van der Waals surface area contributed by atoms with Gasteiger partial charge in [0.1, 0.15) is 11.3 Å². The van der Waals surface area contributed by atoms with E-state index in [9.17, 15) is 9.59 Å². The molecule has 0 saturated carbocycles. The molecule has 1 unspecified atom stereocenters. The van der Waals surface area contributed by atoms with E-state index in [0.29, 0.717) is 27.3 Å². The van der Waals surface area contributed by atoms with Crippen LogP contribution in [-0.2, 0) is 14.2 Å². The molecule has 220 valence electrons. The number of benzene rings is 5. The summed E-state index contributed by atoms with van der Waals surface area (Å²) in [6, 6.07) is 31.4. The lowest BCUT2D eigenvalue weighted by molar-refractivity contribution is -0.129. The maximum absolute atomic E-state index is 15.5. The Morgan fingerprint density at radius 2 is 1.44 bits per heavy atom. The summed E-state index contributed by atoms with van der Waals surface area (Å²) >= 11 is 0. The van der Waals surface area contributed by atoms with Crippen molar-refractivity contribution < 1.29 is 28.2 Å². The number of hydrogen-bond donors (Lipinski definition) is 0. The molecular weight excluding hydrogens is 585 g/mol. The minimum absolute atomic E-state index is 0.0242. The Kier molecular flexibility index (Phi) is 6.76. The molecule has 0 bridgehead atoms. The van der Waals surface area contributed by atoms with Gasteiger partial charge < -0.3 is 18.6 Å². The fraction of sp³-hybridized carbons (Fsp3) is 0.0270. The van der Waals surface area contributed by atoms with Gasteiger partial charge in [-0.2, -0.15) is 0 Å². The minimum atomic E-state index is -4.07. The van der Waals surface area contributed by atoms with Gasteiger partial charge in [0.05, 0.1) is 21.5 Å². The topological polar surface area (TPSA) is 83.8 Å². The standard InChI is InChI=1S/C37H26NO6P/c1-4-33(39)42-30-22-32(45(41)31-18-12-10-16-26(31)25-15-9-11-17-29(25)44-45)37(43-34(40)5-2)35-27-21-23(3)19-20-28(27)38(36(30)35)24-13-7-6-8-14-24/h4-22H,1-2H2,3H3. The molecule has 5 aromatic carbocycles. The number of rotatable bonds is 6. The number of hydrogen-bond acceptors (Lipinski definition) is 6. The van der Waals surface area contributed by atoms with Crippen molar-refractivity contribution in [3.8, 4) is 34.1 Å². The predicted octanol–water partition coefficient (Wildman–Crippen LogP) is 7.56. The van der Waals surface area contributed by atoms with E-state index < -0.39 is 19.3 Å². The lowest BCUT2D eigenvalue weighted by Gasteiger charge is -2.30. The zero-order valence-electron chi connectivity index (χ0n) is 24.2. The molecule has 0 amide bonds. The second-order valence-corrected chi connectivity index (χ2v) is 12.8. The van der Waals surface area contributed by atoms with Crippen molar-refractivity contribution in [1.82, 2.24) is 4.57 Å². The van der Waals surface area contributed by atoms with Crippen LogP contribution in [0.3, 0.4) is 0 Å². The summed E-state index contributed by atoms with van der Waals surface area (Å²) in [5, 5.41) is 1.60. The van der Waals surface area contributed by atoms with Gasteiger partial charge in [0.15, 0.2) is 11.5 Å². The Morgan fingerprint density at radius 3 is 2.20 bits per heavy atom. The van der Waals surface area contributed by atoms with Gasteiger partial charge in [-0.25, -0.2) is 9.59 Å². The van der Waals surface area contributed by atoms with Crippen LogP contribution in [0, 0.1) is 6.92 Å². The maximum Gasteiger partial charge on any atom is 0.335 e. The van der Waals surface area contributed by atoms with Crippen molar-refractivity contribution >= 4 is 51.7 Å². The SMILES string of the molecule is C=CC(=O)Oc1c(P2(=O)Oc3ccccc3-c3ccccc32)cc(OC(=O)C=C)c2c1c1cc(C)ccc1n2-c1ccccc1. The van der Waals surface area contributed by atoms with Crippen molar-refractivity contribution in [1.29, 1.82) is 0 Å². The van der Waals surface area contributed by atoms with Gasteiger partial charge in [-0.15, -0.1) is 0 Å². The first-order chi connectivity index (χ1) is 21.8. The van der Waals surface area contributed by atoms with Gasteiger partial charge in [0.25, 0.3) is 0 Å². The molecule has 0 saturated heterocycles. The second kappa shape index (κ2) is 10.8. The van der Waals surface area contributed by atoms with Crippen LogP contribution in [0.15, 0.2) is 128 Å². The number of esters is 2. The number of fused-ring (bicyclic) bond motifs is 6. The average Bonchev–Trinajstić information content (AvgIpc) is 3.40. The summed E-state index contributed by atoms with van der Waals surface area (Å²) in [7, 11) is -4.07. The van der Waals surface area contributed by atoms with Crippen LogP contribution in [-0.4, -0.2) is 16.5 Å². The van der Waals surface area contributed by atoms with Crippen molar-refractivity contribution in [2.75, 3.05) is 0 Å². The highest BCUT2D eigenvalue weighted by Crippen LogP contribution is 2.57. The third-order valence-electron chi connectivity index (χ3n) is 7.79. The summed E-state index contributed by atoms with van der Waals surface area (Å²) in [6.07, 6.45) is 2.10. The zero-order chi connectivity index (χ0) is 31.3. The normalized spacial score (nSPS) is 15.0. The monoisotopic (exact) mass is 611 g/mol. The lowest BCUT2D eigenvalue weighted by Crippen LogP contribution is -2.27. The van der Waals surface area contributed by atoms with Gasteiger partial charge in [0, 0.05) is 34.9 Å². The molecule has 0 fully saturated rings. The smallest absolute Gasteiger partial charge is 0.335 e. The molecular formula is C37H26NO6P. The molecule has 1 aliphatic heterocycles. The summed E-state index contributed by atoms with van der Waals surface area (Å²) < 4.78 is 35.8. The highest BCUT2D eigenvalue weighted by molar-refractivity contribution is 7.75. The number of carbonyl (C=O) groups excluding carboxylic acids is 2. The first-order valence-corrected chi connectivity index (χ1v) is 15.8. The number of aryl methyl sites for hydroxylation is 1. The van der Waals surface area contributed by atoms with E-state index in [1.807, 2.05) is 84.3 Å². The predicted molar refractivity (Wildman–Crippen MR) is 177 cm³/mol. The van der Waals surface area contributed by atoms with Crippen molar-refractivity contribution in [3.63, 3.8) is 0 Å². The number of carbonyl (C=O) groups is 2. The van der Waals surface area contributed by atoms with Gasteiger partial charge in [-0.05, 0) is 48.9 Å². The van der Waals surface area contributed by atoms with Crippen molar-refractivity contribution in [2.45, 2.75) is 6.92 Å². The van der Waals surface area contributed by atoms with Crippen LogP contribution in [0.4, 0.5) is 0 Å². The summed E-state index contributed by atoms with van der Waals surface area (Å²) in [5.41, 5.74) is 4.39. The highest BCUT2D eigenvalue weighted by Gasteiger charge is 2.42. The van der Waals surface area contributed by atoms with Gasteiger partial charge in [-0.3, -0.25) is 4.57 Å². The molecule has 0 radical (unpaired) electrons. The van der Waals surface area contributed by atoms with Crippen LogP contribution in [0.5, 0.6) is 17.2 Å². The van der Waals surface area contributed by atoms with Crippen LogP contribution in [0.25, 0.3) is 38.6 Å². The van der Waals surface area contributed by atoms with Crippen LogP contribution in [0.1, 0.15) is 5.56 Å². The molecule has 45 heavy (non-hydrogen) atoms. The Balaban J connectivity index is 1.68. The molecule has 1 aliphatic rings. The summed E-state index contributed by atoms with van der Waals surface area (Å²) in [6.45, 7) is 9.13. The number of para-hydroxylation sites is 2. The summed E-state index contributed by atoms with van der Waals surface area (Å²) in [4.78, 5) is 25.9. The molecule has 0 N–H and O–H groups in total. The molecule has 7 rings (SSSR count). The van der Waals surface area contributed by atoms with Crippen molar-refractivity contribution in [3.05, 3.63) is 134 Å². The van der Waals surface area contributed by atoms with E-state index >= 15 is 4.57 Å². The van der Waals surface area contributed by atoms with Crippen LogP contribution in [0.2, 0.25) is 0 Å². The quantitative estimate of drug-likeness (QED) is 0.0837. The lowest BCUT2D eigenvalue weighted by atomic mass is 10.0. The van der Waals surface area contributed by atoms with Crippen LogP contribution >= 0.6 is 7.37 Å². The van der Waals surface area contributed by atoms with Gasteiger partial charge in [-0.1, -0.05) is 79.4 Å². The molecule has 0 spiro atoms. The molecule has 1 aromatic heterocycles. The molecule has 8 heteroatoms. The average molecular weight is 612 g/mol. The largest absolute Gasteiger partial charge is 0.436 e. The van der Waals surface area contributed by atoms with E-state index in [4.69, 9.17) is 14.0 Å². The van der Waals surface area contributed by atoms with E-state index in [1.165, 1.54) is 6.07 Å². The number of aromatic nitrogens is 1. The highest BCUT2D eigenvalue weighted by atomic mass is 31.2. The zero-order valence-corrected chi connectivity index (χ0v) is 25.1. The molecule has 1 atom stereocenters. The Bertz CT molecular complexity index is 2270. The van der Waals surface area contributed by atoms with E-state index in [2.05, 4.69) is 13.2 Å². The Labute approximate surface area is 259 Å². The fourth-order valence-electron chi connectivity index (χ4n) is 5.89. The number of ether oxygens (including phenoxy) is 2.